The average molecular weight is 268 g/mol. The summed E-state index contributed by atoms with van der Waals surface area (Å²) in [4.78, 5) is 0. The van der Waals surface area contributed by atoms with Gasteiger partial charge in [-0.05, 0) is 36.9 Å². The zero-order chi connectivity index (χ0) is 13.9. The van der Waals surface area contributed by atoms with Crippen molar-refractivity contribution in [2.24, 2.45) is 0 Å². The molecule has 5 heteroatoms. The number of rotatable bonds is 4. The molecule has 0 bridgehead atoms. The maximum atomic E-state index is 5.20. The zero-order valence-corrected chi connectivity index (χ0v) is 11.5. The minimum atomic E-state index is 0.786. The number of nitrogens with zero attached hydrogens (tertiary/aromatic N) is 3. The fraction of sp³-hybridized carbons (Fsp3) is 0.200. The first-order valence-corrected chi connectivity index (χ1v) is 6.45. The van der Waals surface area contributed by atoms with Gasteiger partial charge in [0.1, 0.15) is 11.3 Å². The van der Waals surface area contributed by atoms with Crippen molar-refractivity contribution in [3.63, 3.8) is 0 Å². The first kappa shape index (κ1) is 12.6. The molecule has 1 heterocycles. The molecule has 20 heavy (non-hydrogen) atoms. The molecule has 5 nitrogen and oxygen atoms in total. The molecule has 0 radical (unpaired) electrons. The molecule has 0 saturated carbocycles. The third-order valence-corrected chi connectivity index (χ3v) is 3.21. The highest BCUT2D eigenvalue weighted by Crippen LogP contribution is 2.21. The van der Waals surface area contributed by atoms with Crippen LogP contribution in [0.3, 0.4) is 0 Å². The number of hydrogen-bond acceptors (Lipinski definition) is 4. The minimum absolute atomic E-state index is 0.786. The van der Waals surface area contributed by atoms with Gasteiger partial charge in [-0.15, -0.1) is 5.10 Å². The van der Waals surface area contributed by atoms with E-state index in [1.165, 1.54) is 5.56 Å². The smallest absolute Gasteiger partial charge is 0.121 e. The maximum Gasteiger partial charge on any atom is 0.121 e. The Morgan fingerprint density at radius 2 is 1.95 bits per heavy atom. The molecule has 0 saturated heterocycles. The fourth-order valence-corrected chi connectivity index (χ4v) is 2.18. The highest BCUT2D eigenvalue weighted by atomic mass is 16.5. The predicted octanol–water partition coefficient (Wildman–Crippen LogP) is 2.15. The zero-order valence-electron chi connectivity index (χ0n) is 11.5. The molecule has 1 N–H and O–H groups in total. The van der Waals surface area contributed by atoms with Gasteiger partial charge in [0.2, 0.25) is 0 Å². The summed E-state index contributed by atoms with van der Waals surface area (Å²) in [5.41, 5.74) is 4.02. The third-order valence-electron chi connectivity index (χ3n) is 3.21. The molecule has 0 aliphatic heterocycles. The van der Waals surface area contributed by atoms with Crippen molar-refractivity contribution in [2.45, 2.75) is 6.54 Å². The standard InChI is InChI=1S/C15H16N4O/c1-16-10-11-3-5-12(6-4-11)19-15-8-7-13(20-2)9-14(15)17-18-19/h3-9,16H,10H2,1-2H3. The topological polar surface area (TPSA) is 52.0 Å². The lowest BCUT2D eigenvalue weighted by Gasteiger charge is -2.05. The van der Waals surface area contributed by atoms with Gasteiger partial charge in [0.05, 0.1) is 18.3 Å². The molecule has 3 rings (SSSR count). The van der Waals surface area contributed by atoms with Crippen LogP contribution in [-0.2, 0) is 6.54 Å². The molecular weight excluding hydrogens is 252 g/mol. The Kier molecular flexibility index (Phi) is 3.35. The van der Waals surface area contributed by atoms with Crippen LogP contribution in [0.2, 0.25) is 0 Å². The molecule has 0 unspecified atom stereocenters. The van der Waals surface area contributed by atoms with Crippen LogP contribution >= 0.6 is 0 Å². The largest absolute Gasteiger partial charge is 0.497 e. The molecule has 0 atom stereocenters. The summed E-state index contributed by atoms with van der Waals surface area (Å²) < 4.78 is 7.03. The molecule has 3 aromatic rings. The van der Waals surface area contributed by atoms with Crippen molar-refractivity contribution in [3.05, 3.63) is 48.0 Å². The molecule has 2 aromatic carbocycles. The van der Waals surface area contributed by atoms with Gasteiger partial charge in [0.25, 0.3) is 0 Å². The number of fused-ring (bicyclic) bond motifs is 1. The van der Waals surface area contributed by atoms with Crippen molar-refractivity contribution in [1.29, 1.82) is 0 Å². The Bertz CT molecular complexity index is 718. The summed E-state index contributed by atoms with van der Waals surface area (Å²) in [6, 6.07) is 14.0. The van der Waals surface area contributed by atoms with Crippen LogP contribution in [0.5, 0.6) is 5.75 Å². The molecule has 0 spiro atoms. The number of nitrogens with one attached hydrogen (secondary N) is 1. The van der Waals surface area contributed by atoms with E-state index in [0.717, 1.165) is 29.0 Å². The van der Waals surface area contributed by atoms with Crippen molar-refractivity contribution in [2.75, 3.05) is 14.2 Å². The van der Waals surface area contributed by atoms with Gasteiger partial charge in [0, 0.05) is 12.6 Å². The van der Waals surface area contributed by atoms with Gasteiger partial charge >= 0.3 is 0 Å². The Labute approximate surface area is 117 Å². The lowest BCUT2D eigenvalue weighted by Crippen LogP contribution is -2.05. The van der Waals surface area contributed by atoms with E-state index in [1.54, 1.807) is 7.11 Å². The number of ether oxygens (including phenoxy) is 1. The van der Waals surface area contributed by atoms with Crippen molar-refractivity contribution in [1.82, 2.24) is 20.3 Å². The Morgan fingerprint density at radius 1 is 1.15 bits per heavy atom. The second kappa shape index (κ2) is 5.30. The van der Waals surface area contributed by atoms with E-state index >= 15 is 0 Å². The quantitative estimate of drug-likeness (QED) is 0.787. The lowest BCUT2D eigenvalue weighted by atomic mass is 10.2. The Hall–Kier alpha value is -2.40. The van der Waals surface area contributed by atoms with E-state index in [9.17, 15) is 0 Å². The Balaban J connectivity index is 2.01. The highest BCUT2D eigenvalue weighted by molar-refractivity contribution is 5.77. The number of hydrogen-bond donors (Lipinski definition) is 1. The average Bonchev–Trinajstić information content (AvgIpc) is 2.91. The monoisotopic (exact) mass is 268 g/mol. The van der Waals surface area contributed by atoms with Crippen LogP contribution in [0.25, 0.3) is 16.7 Å². The fourth-order valence-electron chi connectivity index (χ4n) is 2.18. The van der Waals surface area contributed by atoms with E-state index in [-0.39, 0.29) is 0 Å². The maximum absolute atomic E-state index is 5.20. The summed E-state index contributed by atoms with van der Waals surface area (Å²) in [5, 5.41) is 11.5. The molecule has 0 aliphatic rings. The number of benzene rings is 2. The van der Waals surface area contributed by atoms with Gasteiger partial charge in [-0.1, -0.05) is 17.3 Å². The summed E-state index contributed by atoms with van der Waals surface area (Å²) >= 11 is 0. The van der Waals surface area contributed by atoms with E-state index < -0.39 is 0 Å². The van der Waals surface area contributed by atoms with Gasteiger partial charge in [-0.2, -0.15) is 0 Å². The second-order valence-electron chi connectivity index (χ2n) is 4.55. The lowest BCUT2D eigenvalue weighted by molar-refractivity contribution is 0.415. The summed E-state index contributed by atoms with van der Waals surface area (Å²) in [7, 11) is 3.58. The van der Waals surface area contributed by atoms with Crippen LogP contribution in [0.1, 0.15) is 5.56 Å². The van der Waals surface area contributed by atoms with Crippen molar-refractivity contribution >= 4 is 11.0 Å². The summed E-state index contributed by atoms with van der Waals surface area (Å²) in [6.07, 6.45) is 0. The summed E-state index contributed by atoms with van der Waals surface area (Å²) in [5.74, 6) is 0.786. The van der Waals surface area contributed by atoms with Gasteiger partial charge < -0.3 is 10.1 Å². The minimum Gasteiger partial charge on any atom is -0.497 e. The first-order valence-electron chi connectivity index (χ1n) is 6.45. The van der Waals surface area contributed by atoms with Crippen LogP contribution in [0.15, 0.2) is 42.5 Å². The third kappa shape index (κ3) is 2.23. The van der Waals surface area contributed by atoms with Gasteiger partial charge in [-0.3, -0.25) is 0 Å². The van der Waals surface area contributed by atoms with Gasteiger partial charge in [-0.25, -0.2) is 4.68 Å². The first-order chi connectivity index (χ1) is 9.81. The van der Waals surface area contributed by atoms with E-state index in [2.05, 4.69) is 27.8 Å². The molecule has 0 fully saturated rings. The van der Waals surface area contributed by atoms with Crippen LogP contribution in [0, 0.1) is 0 Å². The van der Waals surface area contributed by atoms with Gasteiger partial charge in [0.15, 0.2) is 0 Å². The summed E-state index contributed by atoms with van der Waals surface area (Å²) in [6.45, 7) is 0.857. The molecular formula is C15H16N4O. The van der Waals surface area contributed by atoms with E-state index in [4.69, 9.17) is 4.74 Å². The molecule has 102 valence electrons. The number of methoxy groups -OCH3 is 1. The van der Waals surface area contributed by atoms with Crippen LogP contribution in [0.4, 0.5) is 0 Å². The van der Waals surface area contributed by atoms with Crippen LogP contribution < -0.4 is 10.1 Å². The molecule has 1 aromatic heterocycles. The number of aromatic nitrogens is 3. The highest BCUT2D eigenvalue weighted by Gasteiger charge is 2.07. The second-order valence-corrected chi connectivity index (χ2v) is 4.55. The molecule has 0 amide bonds. The van der Waals surface area contributed by atoms with E-state index in [1.807, 2.05) is 42.1 Å². The van der Waals surface area contributed by atoms with Crippen LogP contribution in [-0.4, -0.2) is 29.2 Å². The molecule has 0 aliphatic carbocycles. The van der Waals surface area contributed by atoms with Crippen molar-refractivity contribution < 1.29 is 4.74 Å². The Morgan fingerprint density at radius 3 is 2.65 bits per heavy atom. The normalized spacial score (nSPS) is 10.9. The van der Waals surface area contributed by atoms with E-state index in [0.29, 0.717) is 0 Å². The van der Waals surface area contributed by atoms with Crippen molar-refractivity contribution in [3.8, 4) is 11.4 Å². The SMILES string of the molecule is CNCc1ccc(-n2nnc3cc(OC)ccc32)cc1. The predicted molar refractivity (Wildman–Crippen MR) is 78.2 cm³/mol.